The second-order valence-electron chi connectivity index (χ2n) is 10.3. The first kappa shape index (κ1) is 30.4. The molecule has 3 N–H and O–H groups in total. The monoisotopic (exact) mass is 618 g/mol. The summed E-state index contributed by atoms with van der Waals surface area (Å²) in [6, 6.07) is 7.42. The summed E-state index contributed by atoms with van der Waals surface area (Å²) in [6.07, 6.45) is 3.08. The molecule has 0 amide bonds. The molecule has 1 aliphatic rings. The van der Waals surface area contributed by atoms with Gasteiger partial charge in [-0.3, -0.25) is 4.72 Å². The van der Waals surface area contributed by atoms with Gasteiger partial charge in [-0.25, -0.2) is 40.9 Å². The topological polar surface area (TPSA) is 118 Å². The number of nitrogens with zero attached hydrogens (tertiary/aromatic N) is 3. The fourth-order valence-electron chi connectivity index (χ4n) is 4.84. The van der Waals surface area contributed by atoms with Crippen LogP contribution in [0.5, 0.6) is 11.6 Å². The largest absolute Gasteiger partial charge is 0.437 e. The molecular formula is C29H30F4N6O3S. The summed E-state index contributed by atoms with van der Waals surface area (Å²) in [5.74, 6) is -5.34. The van der Waals surface area contributed by atoms with Crippen LogP contribution in [0.1, 0.15) is 31.7 Å². The number of unbranched alkanes of at least 4 members (excludes halogenated alkanes) is 1. The quantitative estimate of drug-likeness (QED) is 0.149. The number of pyridine rings is 1. The molecule has 3 heterocycles. The Kier molecular flexibility index (Phi) is 8.97. The number of benzene rings is 2. The molecule has 9 nitrogen and oxygen atoms in total. The Morgan fingerprint density at radius 2 is 1.86 bits per heavy atom. The standard InChI is InChI=1S/C29H30F4N6O3S/c1-3-4-12-43(40,41)39-26-20-8-7-16(2)27(22(20)23(31)24(32)25(26)33)42-28-19(6-5-10-35-28)21-9-11-36-29(38-21)37-18-13-17(30)14-34-15-18/h5-11,17-18,34,39H,3-4,12-15H2,1-2H3,(H,36,37,38)/t17-,18-/m1/s1. The first-order chi connectivity index (χ1) is 20.6. The molecule has 1 saturated heterocycles. The number of halogens is 4. The molecule has 5 rings (SSSR count). The Morgan fingerprint density at radius 1 is 1.05 bits per heavy atom. The van der Waals surface area contributed by atoms with E-state index in [-0.39, 0.29) is 41.3 Å². The fourth-order valence-corrected chi connectivity index (χ4v) is 6.12. The van der Waals surface area contributed by atoms with Crippen LogP contribution in [0.25, 0.3) is 22.0 Å². The van der Waals surface area contributed by atoms with E-state index in [2.05, 4.69) is 30.3 Å². The highest BCUT2D eigenvalue weighted by molar-refractivity contribution is 7.92. The van der Waals surface area contributed by atoms with Crippen LogP contribution in [-0.2, 0) is 10.0 Å². The molecule has 1 aliphatic heterocycles. The smallest absolute Gasteiger partial charge is 0.232 e. The lowest BCUT2D eigenvalue weighted by molar-refractivity contribution is 0.254. The van der Waals surface area contributed by atoms with Crippen LogP contribution >= 0.6 is 0 Å². The summed E-state index contributed by atoms with van der Waals surface area (Å²) >= 11 is 0. The van der Waals surface area contributed by atoms with Crippen LogP contribution in [0.3, 0.4) is 0 Å². The van der Waals surface area contributed by atoms with E-state index in [1.54, 1.807) is 32.0 Å². The zero-order valence-corrected chi connectivity index (χ0v) is 24.2. The second-order valence-corrected chi connectivity index (χ2v) is 12.1. The minimum atomic E-state index is -4.06. The first-order valence-electron chi connectivity index (χ1n) is 13.8. The maximum Gasteiger partial charge on any atom is 0.232 e. The Morgan fingerprint density at radius 3 is 2.63 bits per heavy atom. The van der Waals surface area contributed by atoms with Crippen molar-refractivity contribution < 1.29 is 30.7 Å². The van der Waals surface area contributed by atoms with Gasteiger partial charge in [0.15, 0.2) is 17.5 Å². The number of nitrogens with one attached hydrogen (secondary N) is 3. The summed E-state index contributed by atoms with van der Waals surface area (Å²) in [4.78, 5) is 13.0. The average molecular weight is 619 g/mol. The number of ether oxygens (including phenoxy) is 1. The molecule has 228 valence electrons. The van der Waals surface area contributed by atoms with Crippen LogP contribution in [-0.4, -0.2) is 54.4 Å². The first-order valence-corrected chi connectivity index (χ1v) is 15.4. The molecule has 14 heteroatoms. The second kappa shape index (κ2) is 12.7. The van der Waals surface area contributed by atoms with Gasteiger partial charge in [-0.05, 0) is 37.1 Å². The van der Waals surface area contributed by atoms with E-state index in [1.807, 2.05) is 0 Å². The zero-order chi connectivity index (χ0) is 30.7. The highest BCUT2D eigenvalue weighted by Crippen LogP contribution is 2.42. The molecule has 0 bridgehead atoms. The molecule has 2 atom stereocenters. The lowest BCUT2D eigenvalue weighted by Crippen LogP contribution is -2.44. The van der Waals surface area contributed by atoms with Gasteiger partial charge in [0.25, 0.3) is 0 Å². The maximum atomic E-state index is 15.4. The van der Waals surface area contributed by atoms with E-state index >= 15 is 4.39 Å². The Hall–Kier alpha value is -4.04. The third-order valence-electron chi connectivity index (χ3n) is 7.00. The van der Waals surface area contributed by atoms with Gasteiger partial charge in [0.2, 0.25) is 21.9 Å². The van der Waals surface area contributed by atoms with Gasteiger partial charge in [0, 0.05) is 43.3 Å². The molecule has 0 radical (unpaired) electrons. The van der Waals surface area contributed by atoms with Crippen LogP contribution in [0.15, 0.2) is 42.7 Å². The summed E-state index contributed by atoms with van der Waals surface area (Å²) in [5.41, 5.74) is 0.388. The summed E-state index contributed by atoms with van der Waals surface area (Å²) in [7, 11) is -4.06. The molecule has 0 saturated carbocycles. The van der Waals surface area contributed by atoms with Crippen molar-refractivity contribution >= 4 is 32.4 Å². The van der Waals surface area contributed by atoms with Crippen LogP contribution in [0.4, 0.5) is 29.2 Å². The number of rotatable bonds is 10. The average Bonchev–Trinajstić information content (AvgIpc) is 2.98. The minimum absolute atomic E-state index is 0.0277. The van der Waals surface area contributed by atoms with Crippen molar-refractivity contribution in [3.05, 3.63) is 65.7 Å². The third kappa shape index (κ3) is 6.64. The number of aryl methyl sites for hydroxylation is 1. The number of anilines is 2. The lowest BCUT2D eigenvalue weighted by Gasteiger charge is -2.26. The minimum Gasteiger partial charge on any atom is -0.437 e. The molecule has 0 unspecified atom stereocenters. The van der Waals surface area contributed by atoms with Gasteiger partial charge in [-0.1, -0.05) is 25.5 Å². The van der Waals surface area contributed by atoms with E-state index in [9.17, 15) is 21.6 Å². The lowest BCUT2D eigenvalue weighted by atomic mass is 10.0. The van der Waals surface area contributed by atoms with Gasteiger partial charge < -0.3 is 15.4 Å². The van der Waals surface area contributed by atoms with E-state index in [0.29, 0.717) is 42.6 Å². The number of sulfonamides is 1. The van der Waals surface area contributed by atoms with Gasteiger partial charge in [0.1, 0.15) is 11.9 Å². The highest BCUT2D eigenvalue weighted by Gasteiger charge is 2.27. The van der Waals surface area contributed by atoms with Crippen LogP contribution in [0, 0.1) is 24.4 Å². The summed E-state index contributed by atoms with van der Waals surface area (Å²) < 4.78 is 92.5. The Balaban J connectivity index is 1.55. The van der Waals surface area contributed by atoms with E-state index in [4.69, 9.17) is 4.74 Å². The molecular weight excluding hydrogens is 588 g/mol. The van der Waals surface area contributed by atoms with Crippen LogP contribution in [0.2, 0.25) is 0 Å². The summed E-state index contributed by atoms with van der Waals surface area (Å²) in [6.45, 7) is 4.18. The number of alkyl halides is 1. The van der Waals surface area contributed by atoms with E-state index < -0.39 is 44.7 Å². The van der Waals surface area contributed by atoms with Gasteiger partial charge in [0.05, 0.1) is 28.1 Å². The number of fused-ring (bicyclic) bond motifs is 1. The molecule has 0 spiro atoms. The van der Waals surface area contributed by atoms with E-state index in [1.165, 1.54) is 24.5 Å². The van der Waals surface area contributed by atoms with Crippen molar-refractivity contribution in [3.63, 3.8) is 0 Å². The normalized spacial score (nSPS) is 17.2. The van der Waals surface area contributed by atoms with Gasteiger partial charge in [-0.2, -0.15) is 0 Å². The third-order valence-corrected chi connectivity index (χ3v) is 8.35. The van der Waals surface area contributed by atoms with E-state index in [0.717, 1.165) is 0 Å². The van der Waals surface area contributed by atoms with Crippen molar-refractivity contribution in [2.45, 2.75) is 45.3 Å². The number of aromatic nitrogens is 3. The molecule has 1 fully saturated rings. The molecule has 2 aromatic carbocycles. The van der Waals surface area contributed by atoms with Crippen molar-refractivity contribution in [1.82, 2.24) is 20.3 Å². The fraction of sp³-hybridized carbons (Fsp3) is 0.345. The van der Waals surface area contributed by atoms with Crippen molar-refractivity contribution in [3.8, 4) is 22.9 Å². The van der Waals surface area contributed by atoms with Crippen molar-refractivity contribution in [1.29, 1.82) is 0 Å². The summed E-state index contributed by atoms with van der Waals surface area (Å²) in [5, 5.41) is 5.43. The number of hydrogen-bond donors (Lipinski definition) is 3. The zero-order valence-electron chi connectivity index (χ0n) is 23.4. The maximum absolute atomic E-state index is 15.4. The highest BCUT2D eigenvalue weighted by atomic mass is 32.2. The molecule has 0 aliphatic carbocycles. The van der Waals surface area contributed by atoms with Gasteiger partial charge in [-0.15, -0.1) is 0 Å². The number of piperidine rings is 1. The molecule has 4 aromatic rings. The molecule has 2 aromatic heterocycles. The van der Waals surface area contributed by atoms with Gasteiger partial charge >= 0.3 is 0 Å². The molecule has 43 heavy (non-hydrogen) atoms. The predicted molar refractivity (Wildman–Crippen MR) is 156 cm³/mol. The number of hydrogen-bond acceptors (Lipinski definition) is 8. The van der Waals surface area contributed by atoms with Crippen molar-refractivity contribution in [2.75, 3.05) is 28.9 Å². The Labute approximate surface area is 246 Å². The Bertz CT molecular complexity index is 1760. The van der Waals surface area contributed by atoms with Crippen molar-refractivity contribution in [2.24, 2.45) is 0 Å². The van der Waals surface area contributed by atoms with Crippen LogP contribution < -0.4 is 20.1 Å². The predicted octanol–water partition coefficient (Wildman–Crippen LogP) is 5.86. The SMILES string of the molecule is CCCCS(=O)(=O)Nc1c(F)c(F)c(F)c2c(Oc3ncccc3-c3ccnc(N[C@H]4CNC[C@H](F)C4)n3)c(C)ccc12.